The summed E-state index contributed by atoms with van der Waals surface area (Å²) in [5, 5.41) is 2.90. The van der Waals surface area contributed by atoms with Crippen LogP contribution in [0.4, 0.5) is 5.69 Å². The number of carbonyl (C=O) groups excluding carboxylic acids is 1. The Labute approximate surface area is 158 Å². The fourth-order valence-corrected chi connectivity index (χ4v) is 3.25. The van der Waals surface area contributed by atoms with E-state index in [0.29, 0.717) is 11.5 Å². The summed E-state index contributed by atoms with van der Waals surface area (Å²) in [7, 11) is 0. The molecule has 0 aromatic heterocycles. The van der Waals surface area contributed by atoms with Crippen LogP contribution in [0.15, 0.2) is 72.8 Å². The zero-order valence-electron chi connectivity index (χ0n) is 15.0. The second-order valence-electron chi connectivity index (χ2n) is 6.56. The number of carbonyl (C=O) groups is 1. The molecule has 1 amide bonds. The van der Waals surface area contributed by atoms with E-state index in [1.807, 2.05) is 48.5 Å². The molecule has 0 fully saturated rings. The van der Waals surface area contributed by atoms with Crippen LogP contribution in [0.1, 0.15) is 17.5 Å². The van der Waals surface area contributed by atoms with Crippen molar-refractivity contribution in [2.24, 2.45) is 0 Å². The minimum atomic E-state index is -0.178. The molecule has 3 aromatic carbocycles. The van der Waals surface area contributed by atoms with Gasteiger partial charge in [-0.15, -0.1) is 0 Å². The smallest absolute Gasteiger partial charge is 0.262 e. The molecule has 0 atom stereocenters. The van der Waals surface area contributed by atoms with Crippen molar-refractivity contribution in [1.29, 1.82) is 0 Å². The zero-order chi connectivity index (χ0) is 18.5. The number of hydrogen-bond donors (Lipinski definition) is 1. The third-order valence-corrected chi connectivity index (χ3v) is 4.54. The highest BCUT2D eigenvalue weighted by atomic mass is 16.5. The molecule has 136 valence electrons. The van der Waals surface area contributed by atoms with Gasteiger partial charge in [-0.2, -0.15) is 0 Å². The molecule has 4 rings (SSSR count). The van der Waals surface area contributed by atoms with Gasteiger partial charge in [0.1, 0.15) is 17.2 Å². The van der Waals surface area contributed by atoms with Crippen LogP contribution in [0.3, 0.4) is 0 Å². The van der Waals surface area contributed by atoms with Crippen molar-refractivity contribution < 1.29 is 14.3 Å². The normalized spacial score (nSPS) is 12.3. The Bertz CT molecular complexity index is 937. The second-order valence-corrected chi connectivity index (χ2v) is 6.56. The highest BCUT2D eigenvalue weighted by molar-refractivity contribution is 5.92. The number of rotatable bonds is 6. The van der Waals surface area contributed by atoms with E-state index in [9.17, 15) is 4.79 Å². The Hall–Kier alpha value is -3.27. The molecule has 4 nitrogen and oxygen atoms in total. The van der Waals surface area contributed by atoms with E-state index in [4.69, 9.17) is 9.47 Å². The topological polar surface area (TPSA) is 47.6 Å². The van der Waals surface area contributed by atoms with Gasteiger partial charge in [-0.3, -0.25) is 4.79 Å². The summed E-state index contributed by atoms with van der Waals surface area (Å²) in [4.78, 5) is 12.2. The highest BCUT2D eigenvalue weighted by Gasteiger charge is 2.12. The van der Waals surface area contributed by atoms with Crippen LogP contribution in [0.25, 0.3) is 0 Å². The number of anilines is 1. The van der Waals surface area contributed by atoms with E-state index in [2.05, 4.69) is 17.4 Å². The summed E-state index contributed by atoms with van der Waals surface area (Å²) in [5.74, 6) is 1.83. The van der Waals surface area contributed by atoms with Gasteiger partial charge in [0.05, 0.1) is 0 Å². The predicted molar refractivity (Wildman–Crippen MR) is 106 cm³/mol. The van der Waals surface area contributed by atoms with Gasteiger partial charge in [0.15, 0.2) is 6.61 Å². The second kappa shape index (κ2) is 7.96. The van der Waals surface area contributed by atoms with Crippen molar-refractivity contribution in [3.63, 3.8) is 0 Å². The summed E-state index contributed by atoms with van der Waals surface area (Å²) in [6, 6.07) is 22.9. The maximum Gasteiger partial charge on any atom is 0.262 e. The van der Waals surface area contributed by atoms with Crippen LogP contribution < -0.4 is 14.8 Å². The van der Waals surface area contributed by atoms with Gasteiger partial charge in [0, 0.05) is 11.8 Å². The van der Waals surface area contributed by atoms with Gasteiger partial charge < -0.3 is 14.8 Å². The maximum atomic E-state index is 12.2. The highest BCUT2D eigenvalue weighted by Crippen LogP contribution is 2.26. The molecule has 1 N–H and O–H groups in total. The molecular weight excluding hydrogens is 338 g/mol. The Balaban J connectivity index is 1.33. The summed E-state index contributed by atoms with van der Waals surface area (Å²) in [6.07, 6.45) is 3.41. The molecule has 27 heavy (non-hydrogen) atoms. The molecule has 0 bridgehead atoms. The van der Waals surface area contributed by atoms with Gasteiger partial charge in [-0.25, -0.2) is 0 Å². The van der Waals surface area contributed by atoms with Crippen LogP contribution in [0.2, 0.25) is 0 Å². The van der Waals surface area contributed by atoms with E-state index in [-0.39, 0.29) is 12.5 Å². The summed E-state index contributed by atoms with van der Waals surface area (Å²) in [6.45, 7) is -0.0497. The van der Waals surface area contributed by atoms with E-state index >= 15 is 0 Å². The maximum absolute atomic E-state index is 12.2. The lowest BCUT2D eigenvalue weighted by atomic mass is 10.1. The van der Waals surface area contributed by atoms with E-state index in [1.54, 1.807) is 12.1 Å². The first-order valence-corrected chi connectivity index (χ1v) is 9.14. The minimum absolute atomic E-state index is 0.0497. The van der Waals surface area contributed by atoms with E-state index in [0.717, 1.165) is 24.3 Å². The van der Waals surface area contributed by atoms with Gasteiger partial charge in [-0.1, -0.05) is 30.3 Å². The molecule has 3 aromatic rings. The molecule has 0 saturated heterocycles. The van der Waals surface area contributed by atoms with Crippen LogP contribution in [-0.2, 0) is 17.6 Å². The number of hydrogen-bond acceptors (Lipinski definition) is 3. The Morgan fingerprint density at radius 1 is 0.815 bits per heavy atom. The summed E-state index contributed by atoms with van der Waals surface area (Å²) in [5.41, 5.74) is 3.55. The SMILES string of the molecule is O=C(COc1cccc(Oc2ccccc2)c1)Nc1ccc2c(c1)CCC2. The number of amides is 1. The average Bonchev–Trinajstić information content (AvgIpc) is 3.15. The number of ether oxygens (including phenoxy) is 2. The van der Waals surface area contributed by atoms with Gasteiger partial charge in [0.25, 0.3) is 5.91 Å². The van der Waals surface area contributed by atoms with Crippen molar-refractivity contribution in [2.75, 3.05) is 11.9 Å². The van der Waals surface area contributed by atoms with Gasteiger partial charge in [0.2, 0.25) is 0 Å². The molecule has 0 unspecified atom stereocenters. The quantitative estimate of drug-likeness (QED) is 0.675. The van der Waals surface area contributed by atoms with Crippen LogP contribution >= 0.6 is 0 Å². The predicted octanol–water partition coefficient (Wildman–Crippen LogP) is 4.99. The third-order valence-electron chi connectivity index (χ3n) is 4.54. The molecular formula is C23H21NO3. The Kier molecular flexibility index (Phi) is 5.06. The molecule has 0 heterocycles. The van der Waals surface area contributed by atoms with Crippen molar-refractivity contribution >= 4 is 11.6 Å². The largest absolute Gasteiger partial charge is 0.484 e. The number of nitrogens with one attached hydrogen (secondary N) is 1. The van der Waals surface area contributed by atoms with Crippen LogP contribution in [-0.4, -0.2) is 12.5 Å². The Morgan fingerprint density at radius 3 is 2.48 bits per heavy atom. The lowest BCUT2D eigenvalue weighted by Gasteiger charge is -2.10. The fourth-order valence-electron chi connectivity index (χ4n) is 3.25. The van der Waals surface area contributed by atoms with Gasteiger partial charge >= 0.3 is 0 Å². The van der Waals surface area contributed by atoms with E-state index in [1.165, 1.54) is 17.5 Å². The first-order valence-electron chi connectivity index (χ1n) is 9.14. The van der Waals surface area contributed by atoms with Crippen molar-refractivity contribution in [3.8, 4) is 17.2 Å². The lowest BCUT2D eigenvalue weighted by Crippen LogP contribution is -2.20. The lowest BCUT2D eigenvalue weighted by molar-refractivity contribution is -0.118. The van der Waals surface area contributed by atoms with Crippen molar-refractivity contribution in [2.45, 2.75) is 19.3 Å². The standard InChI is InChI=1S/C23H21NO3/c25-23(24-19-13-12-17-6-4-7-18(17)14-19)16-26-21-10-5-11-22(15-21)27-20-8-2-1-3-9-20/h1-3,5,8-15H,4,6-7,16H2,(H,24,25). The number of fused-ring (bicyclic) bond motifs is 1. The van der Waals surface area contributed by atoms with E-state index < -0.39 is 0 Å². The molecule has 0 aliphatic heterocycles. The molecule has 0 spiro atoms. The zero-order valence-corrected chi connectivity index (χ0v) is 15.0. The molecule has 0 radical (unpaired) electrons. The van der Waals surface area contributed by atoms with Gasteiger partial charge in [-0.05, 0) is 66.8 Å². The monoisotopic (exact) mass is 359 g/mol. The molecule has 1 aliphatic carbocycles. The number of para-hydroxylation sites is 1. The summed E-state index contributed by atoms with van der Waals surface area (Å²) >= 11 is 0. The summed E-state index contributed by atoms with van der Waals surface area (Å²) < 4.78 is 11.4. The number of benzene rings is 3. The molecule has 4 heteroatoms. The van der Waals surface area contributed by atoms with Crippen LogP contribution in [0.5, 0.6) is 17.2 Å². The van der Waals surface area contributed by atoms with Crippen LogP contribution in [0, 0.1) is 0 Å². The first-order chi connectivity index (χ1) is 13.3. The van der Waals surface area contributed by atoms with Crippen molar-refractivity contribution in [1.82, 2.24) is 0 Å². The third kappa shape index (κ3) is 4.47. The Morgan fingerprint density at radius 2 is 1.59 bits per heavy atom. The fraction of sp³-hybridized carbons (Fsp3) is 0.174. The minimum Gasteiger partial charge on any atom is -0.484 e. The first kappa shape index (κ1) is 17.2. The molecule has 1 aliphatic rings. The van der Waals surface area contributed by atoms with Crippen molar-refractivity contribution in [3.05, 3.63) is 83.9 Å². The average molecular weight is 359 g/mol. The number of aryl methyl sites for hydroxylation is 2. The molecule has 0 saturated carbocycles.